The van der Waals surface area contributed by atoms with E-state index < -0.39 is 10.0 Å². The SMILES string of the molecule is O=S(=O)(NCCCOC[C@@H]1CCCO1)c1ccc(Cl)cc1. The Morgan fingerprint density at radius 3 is 2.76 bits per heavy atom. The van der Waals surface area contributed by atoms with Gasteiger partial charge in [-0.1, -0.05) is 11.6 Å². The van der Waals surface area contributed by atoms with Crippen molar-refractivity contribution in [1.29, 1.82) is 0 Å². The van der Waals surface area contributed by atoms with Crippen molar-refractivity contribution >= 4 is 21.6 Å². The summed E-state index contributed by atoms with van der Waals surface area (Å²) in [7, 11) is -3.47. The Balaban J connectivity index is 1.64. The summed E-state index contributed by atoms with van der Waals surface area (Å²) in [6.07, 6.45) is 2.97. The Hall–Kier alpha value is -0.660. The standard InChI is InChI=1S/C14H20ClNO4S/c15-12-4-6-14(7-5-12)21(17,18)16-8-2-9-19-11-13-3-1-10-20-13/h4-7,13,16H,1-3,8-11H2/t13-/m0/s1. The second kappa shape index (κ2) is 8.10. The smallest absolute Gasteiger partial charge is 0.240 e. The molecule has 0 aliphatic carbocycles. The molecule has 118 valence electrons. The van der Waals surface area contributed by atoms with Crippen LogP contribution >= 0.6 is 11.6 Å². The van der Waals surface area contributed by atoms with Gasteiger partial charge in [0.2, 0.25) is 10.0 Å². The molecule has 1 aromatic rings. The lowest BCUT2D eigenvalue weighted by Gasteiger charge is -2.10. The third-order valence-electron chi connectivity index (χ3n) is 3.21. The molecule has 1 aromatic carbocycles. The average Bonchev–Trinajstić information content (AvgIpc) is 2.96. The molecule has 1 aliphatic heterocycles. The van der Waals surface area contributed by atoms with Gasteiger partial charge in [0.25, 0.3) is 0 Å². The molecule has 0 unspecified atom stereocenters. The minimum Gasteiger partial charge on any atom is -0.379 e. The van der Waals surface area contributed by atoms with Gasteiger partial charge in [-0.05, 0) is 43.5 Å². The molecule has 1 aliphatic rings. The Kier molecular flexibility index (Phi) is 6.44. The summed E-state index contributed by atoms with van der Waals surface area (Å²) in [5.41, 5.74) is 0. The Morgan fingerprint density at radius 2 is 2.10 bits per heavy atom. The van der Waals surface area contributed by atoms with Gasteiger partial charge in [-0.3, -0.25) is 0 Å². The van der Waals surface area contributed by atoms with Crippen molar-refractivity contribution in [1.82, 2.24) is 4.72 Å². The van der Waals surface area contributed by atoms with Crippen LogP contribution < -0.4 is 4.72 Å². The van der Waals surface area contributed by atoms with Crippen LogP contribution in [0.15, 0.2) is 29.2 Å². The van der Waals surface area contributed by atoms with Gasteiger partial charge < -0.3 is 9.47 Å². The van der Waals surface area contributed by atoms with Crippen molar-refractivity contribution in [3.05, 3.63) is 29.3 Å². The highest BCUT2D eigenvalue weighted by atomic mass is 35.5. The van der Waals surface area contributed by atoms with E-state index in [0.29, 0.717) is 31.2 Å². The minimum absolute atomic E-state index is 0.204. The van der Waals surface area contributed by atoms with Crippen molar-refractivity contribution in [2.45, 2.75) is 30.3 Å². The number of rotatable bonds is 8. The lowest BCUT2D eigenvalue weighted by molar-refractivity contribution is 0.0169. The van der Waals surface area contributed by atoms with Crippen LogP contribution in [-0.2, 0) is 19.5 Å². The minimum atomic E-state index is -3.47. The third kappa shape index (κ3) is 5.56. The number of hydrogen-bond acceptors (Lipinski definition) is 4. The molecule has 7 heteroatoms. The summed E-state index contributed by atoms with van der Waals surface area (Å²) in [6, 6.07) is 6.08. The van der Waals surface area contributed by atoms with E-state index in [0.717, 1.165) is 19.4 Å². The summed E-state index contributed by atoms with van der Waals surface area (Å²) < 4.78 is 37.4. The van der Waals surface area contributed by atoms with E-state index in [-0.39, 0.29) is 11.0 Å². The van der Waals surface area contributed by atoms with Gasteiger partial charge in [0.05, 0.1) is 17.6 Å². The van der Waals surface area contributed by atoms with Crippen LogP contribution in [-0.4, -0.2) is 40.9 Å². The Bertz CT molecular complexity index is 526. The van der Waals surface area contributed by atoms with E-state index in [1.807, 2.05) is 0 Å². The molecule has 0 bridgehead atoms. The highest BCUT2D eigenvalue weighted by molar-refractivity contribution is 7.89. The van der Waals surface area contributed by atoms with Crippen molar-refractivity contribution < 1.29 is 17.9 Å². The zero-order chi connectivity index (χ0) is 15.1. The number of ether oxygens (including phenoxy) is 2. The molecule has 0 amide bonds. The zero-order valence-corrected chi connectivity index (χ0v) is 13.3. The third-order valence-corrected chi connectivity index (χ3v) is 4.94. The van der Waals surface area contributed by atoms with Crippen molar-refractivity contribution in [3.8, 4) is 0 Å². The first kappa shape index (κ1) is 16.7. The first-order valence-electron chi connectivity index (χ1n) is 7.02. The van der Waals surface area contributed by atoms with Gasteiger partial charge in [-0.15, -0.1) is 0 Å². The Morgan fingerprint density at radius 1 is 1.33 bits per heavy atom. The number of nitrogens with one attached hydrogen (secondary N) is 1. The van der Waals surface area contributed by atoms with Crippen LogP contribution in [0, 0.1) is 0 Å². The van der Waals surface area contributed by atoms with Gasteiger partial charge in [0, 0.05) is 24.8 Å². The van der Waals surface area contributed by atoms with Crippen molar-refractivity contribution in [3.63, 3.8) is 0 Å². The quantitative estimate of drug-likeness (QED) is 0.741. The predicted molar refractivity (Wildman–Crippen MR) is 81.1 cm³/mol. The first-order valence-corrected chi connectivity index (χ1v) is 8.88. The molecule has 1 fully saturated rings. The predicted octanol–water partition coefficient (Wildman–Crippen LogP) is 2.20. The van der Waals surface area contributed by atoms with Gasteiger partial charge in [-0.25, -0.2) is 13.1 Å². The molecule has 1 N–H and O–H groups in total. The fourth-order valence-electron chi connectivity index (χ4n) is 2.07. The molecule has 0 aromatic heterocycles. The molecule has 0 spiro atoms. The molecular formula is C14H20ClNO4S. The lowest BCUT2D eigenvalue weighted by Crippen LogP contribution is -2.26. The van der Waals surface area contributed by atoms with Crippen LogP contribution in [0.3, 0.4) is 0 Å². The maximum absolute atomic E-state index is 12.0. The molecule has 2 rings (SSSR count). The molecule has 1 saturated heterocycles. The largest absolute Gasteiger partial charge is 0.379 e. The molecule has 5 nitrogen and oxygen atoms in total. The summed E-state index contributed by atoms with van der Waals surface area (Å²) in [5, 5.41) is 0.511. The monoisotopic (exact) mass is 333 g/mol. The van der Waals surface area contributed by atoms with E-state index in [9.17, 15) is 8.42 Å². The highest BCUT2D eigenvalue weighted by Gasteiger charge is 2.15. The summed E-state index contributed by atoms with van der Waals surface area (Å²) in [5.74, 6) is 0. The van der Waals surface area contributed by atoms with Gasteiger partial charge in [0.1, 0.15) is 0 Å². The highest BCUT2D eigenvalue weighted by Crippen LogP contribution is 2.14. The van der Waals surface area contributed by atoms with Crippen LogP contribution in [0.25, 0.3) is 0 Å². The van der Waals surface area contributed by atoms with Crippen molar-refractivity contribution in [2.24, 2.45) is 0 Å². The first-order chi connectivity index (χ1) is 10.1. The number of hydrogen-bond donors (Lipinski definition) is 1. The van der Waals surface area contributed by atoms with Crippen molar-refractivity contribution in [2.75, 3.05) is 26.4 Å². The number of sulfonamides is 1. The maximum Gasteiger partial charge on any atom is 0.240 e. The van der Waals surface area contributed by atoms with Crippen LogP contribution in [0.4, 0.5) is 0 Å². The zero-order valence-electron chi connectivity index (χ0n) is 11.8. The van der Waals surface area contributed by atoms with Crippen LogP contribution in [0.2, 0.25) is 5.02 Å². The van der Waals surface area contributed by atoms with E-state index >= 15 is 0 Å². The molecule has 0 saturated carbocycles. The number of benzene rings is 1. The maximum atomic E-state index is 12.0. The van der Waals surface area contributed by atoms with Gasteiger partial charge >= 0.3 is 0 Å². The van der Waals surface area contributed by atoms with E-state index in [2.05, 4.69) is 4.72 Å². The second-order valence-electron chi connectivity index (χ2n) is 4.92. The average molecular weight is 334 g/mol. The Labute approximate surface area is 130 Å². The second-order valence-corrected chi connectivity index (χ2v) is 7.12. The lowest BCUT2D eigenvalue weighted by atomic mass is 10.2. The van der Waals surface area contributed by atoms with Gasteiger partial charge in [-0.2, -0.15) is 0 Å². The topological polar surface area (TPSA) is 64.6 Å². The molecular weight excluding hydrogens is 314 g/mol. The normalized spacial score (nSPS) is 19.0. The molecule has 21 heavy (non-hydrogen) atoms. The fourth-order valence-corrected chi connectivity index (χ4v) is 3.27. The molecule has 0 radical (unpaired) electrons. The van der Waals surface area contributed by atoms with Gasteiger partial charge in [0.15, 0.2) is 0 Å². The summed E-state index contributed by atoms with van der Waals surface area (Å²) in [6.45, 7) is 2.26. The van der Waals surface area contributed by atoms with Crippen LogP contribution in [0.1, 0.15) is 19.3 Å². The van der Waals surface area contributed by atoms with E-state index in [1.54, 1.807) is 12.1 Å². The van der Waals surface area contributed by atoms with Crippen LogP contribution in [0.5, 0.6) is 0 Å². The number of halogens is 1. The molecule has 1 heterocycles. The fraction of sp³-hybridized carbons (Fsp3) is 0.571. The summed E-state index contributed by atoms with van der Waals surface area (Å²) in [4.78, 5) is 0.215. The van der Waals surface area contributed by atoms with E-state index in [1.165, 1.54) is 12.1 Å². The summed E-state index contributed by atoms with van der Waals surface area (Å²) >= 11 is 5.74. The van der Waals surface area contributed by atoms with E-state index in [4.69, 9.17) is 21.1 Å². The molecule has 1 atom stereocenters.